The minimum atomic E-state index is -1.55. The van der Waals surface area contributed by atoms with Gasteiger partial charge in [0.25, 0.3) is 0 Å². The molecular weight excluding hydrogens is 318 g/mol. The van der Waals surface area contributed by atoms with Crippen molar-refractivity contribution >= 4 is 0 Å². The molecule has 6 N–H and O–H groups in total. The summed E-state index contributed by atoms with van der Waals surface area (Å²) in [5.74, 6) is -0.445. The Kier molecular flexibility index (Phi) is 4.45. The maximum Gasteiger partial charge on any atom is 0.174 e. The van der Waals surface area contributed by atoms with Crippen molar-refractivity contribution in [2.24, 2.45) is 0 Å². The van der Waals surface area contributed by atoms with Crippen LogP contribution in [0.3, 0.4) is 0 Å². The van der Waals surface area contributed by atoms with Gasteiger partial charge in [-0.1, -0.05) is 0 Å². The van der Waals surface area contributed by atoms with Crippen molar-refractivity contribution in [3.05, 3.63) is 23.3 Å². The molecular formula is C16H23NO7. The first-order chi connectivity index (χ1) is 11.3. The van der Waals surface area contributed by atoms with E-state index in [2.05, 4.69) is 0 Å². The Labute approximate surface area is 139 Å². The number of ether oxygens (including phenoxy) is 1. The van der Waals surface area contributed by atoms with Crippen LogP contribution >= 0.6 is 0 Å². The van der Waals surface area contributed by atoms with E-state index in [9.17, 15) is 30.6 Å². The lowest BCUT2D eigenvalue weighted by molar-refractivity contribution is -0.308. The quantitative estimate of drug-likeness (QED) is 0.370. The first-order valence-electron chi connectivity index (χ1n) is 7.92. The van der Waals surface area contributed by atoms with Gasteiger partial charge in [0.1, 0.15) is 18.3 Å². The van der Waals surface area contributed by atoms with E-state index in [4.69, 9.17) is 4.74 Å². The minimum absolute atomic E-state index is 0.196. The molecule has 2 aliphatic rings. The third kappa shape index (κ3) is 2.46. The molecule has 1 aromatic carbocycles. The predicted octanol–water partition coefficient (Wildman–Crippen LogP) is -1.18. The van der Waals surface area contributed by atoms with Crippen LogP contribution in [-0.2, 0) is 11.2 Å². The summed E-state index contributed by atoms with van der Waals surface area (Å²) in [6.45, 7) is 1.44. The number of hydrogen-bond acceptors (Lipinski definition) is 8. The molecule has 0 aromatic heterocycles. The number of fused-ring (bicyclic) bond motifs is 1. The maximum atomic E-state index is 10.4. The molecule has 1 fully saturated rings. The van der Waals surface area contributed by atoms with Gasteiger partial charge in [-0.25, -0.2) is 0 Å². The molecule has 0 amide bonds. The Bertz CT molecular complexity index is 625. The summed E-state index contributed by atoms with van der Waals surface area (Å²) in [5, 5.41) is 59.5. The van der Waals surface area contributed by atoms with Gasteiger partial charge >= 0.3 is 0 Å². The van der Waals surface area contributed by atoms with Gasteiger partial charge in [0, 0.05) is 12.6 Å². The summed E-state index contributed by atoms with van der Waals surface area (Å²) in [6.07, 6.45) is -3.66. The molecule has 0 unspecified atom stereocenters. The van der Waals surface area contributed by atoms with Crippen LogP contribution in [0, 0.1) is 0 Å². The molecule has 1 saturated heterocycles. The fourth-order valence-corrected chi connectivity index (χ4v) is 3.73. The summed E-state index contributed by atoms with van der Waals surface area (Å²) >= 11 is 0. The molecule has 8 nitrogen and oxygen atoms in total. The summed E-state index contributed by atoms with van der Waals surface area (Å²) in [6, 6.07) is 2.60. The average molecular weight is 341 g/mol. The fraction of sp³-hybridized carbons (Fsp3) is 0.625. The smallest absolute Gasteiger partial charge is 0.174 e. The summed E-state index contributed by atoms with van der Waals surface area (Å²) < 4.78 is 5.59. The van der Waals surface area contributed by atoms with E-state index in [0.717, 1.165) is 11.1 Å². The molecule has 1 aromatic rings. The van der Waals surface area contributed by atoms with Crippen LogP contribution in [0.4, 0.5) is 0 Å². The van der Waals surface area contributed by atoms with E-state index >= 15 is 0 Å². The number of aromatic hydroxyl groups is 2. The number of phenolic OH excluding ortho intramolecular Hbond substituents is 2. The Morgan fingerprint density at radius 2 is 1.88 bits per heavy atom. The van der Waals surface area contributed by atoms with Crippen LogP contribution in [0.5, 0.6) is 11.5 Å². The highest BCUT2D eigenvalue weighted by Crippen LogP contribution is 2.42. The molecule has 24 heavy (non-hydrogen) atoms. The SMILES string of the molecule is C[C@H]1c2cc(O)c(O)cc2CCN1[C@]1(CO)OC[C@@H](O)[C@@H](O)[C@H]1O. The third-order valence-electron chi connectivity index (χ3n) is 5.17. The molecule has 2 aliphatic heterocycles. The van der Waals surface area contributed by atoms with E-state index in [1.165, 1.54) is 12.1 Å². The Morgan fingerprint density at radius 3 is 2.54 bits per heavy atom. The second kappa shape index (κ2) is 6.14. The molecule has 134 valence electrons. The van der Waals surface area contributed by atoms with Crippen molar-refractivity contribution in [2.75, 3.05) is 19.8 Å². The van der Waals surface area contributed by atoms with Gasteiger partial charge in [-0.05, 0) is 36.6 Å². The number of aliphatic hydroxyl groups is 4. The first kappa shape index (κ1) is 17.4. The zero-order chi connectivity index (χ0) is 17.6. The minimum Gasteiger partial charge on any atom is -0.504 e. The average Bonchev–Trinajstić information content (AvgIpc) is 2.56. The molecule has 5 atom stereocenters. The van der Waals surface area contributed by atoms with Crippen molar-refractivity contribution in [3.63, 3.8) is 0 Å². The lowest BCUT2D eigenvalue weighted by atomic mass is 9.86. The lowest BCUT2D eigenvalue weighted by Crippen LogP contribution is -2.70. The van der Waals surface area contributed by atoms with Gasteiger partial charge in [-0.15, -0.1) is 0 Å². The van der Waals surface area contributed by atoms with Crippen molar-refractivity contribution in [2.45, 2.75) is 43.4 Å². The maximum absolute atomic E-state index is 10.4. The van der Waals surface area contributed by atoms with Crippen LogP contribution in [-0.4, -0.2) is 79.3 Å². The van der Waals surface area contributed by atoms with Crippen LogP contribution < -0.4 is 0 Å². The third-order valence-corrected chi connectivity index (χ3v) is 5.17. The van der Waals surface area contributed by atoms with Crippen molar-refractivity contribution in [1.82, 2.24) is 4.90 Å². The predicted molar refractivity (Wildman–Crippen MR) is 82.4 cm³/mol. The number of nitrogens with zero attached hydrogens (tertiary/aromatic N) is 1. The van der Waals surface area contributed by atoms with Crippen molar-refractivity contribution < 1.29 is 35.4 Å². The van der Waals surface area contributed by atoms with E-state index < -0.39 is 30.6 Å². The van der Waals surface area contributed by atoms with Gasteiger partial charge in [-0.3, -0.25) is 4.90 Å². The molecule has 8 heteroatoms. The summed E-state index contributed by atoms with van der Waals surface area (Å²) in [4.78, 5) is 1.71. The Balaban J connectivity index is 1.98. The lowest BCUT2D eigenvalue weighted by Gasteiger charge is -2.53. The molecule has 3 rings (SSSR count). The van der Waals surface area contributed by atoms with E-state index in [1.807, 2.05) is 6.92 Å². The van der Waals surface area contributed by atoms with Crippen LogP contribution in [0.25, 0.3) is 0 Å². The van der Waals surface area contributed by atoms with Crippen LogP contribution in [0.1, 0.15) is 24.1 Å². The fourth-order valence-electron chi connectivity index (χ4n) is 3.73. The normalized spacial score (nSPS) is 37.2. The van der Waals surface area contributed by atoms with Crippen molar-refractivity contribution in [1.29, 1.82) is 0 Å². The second-order valence-electron chi connectivity index (χ2n) is 6.48. The van der Waals surface area contributed by atoms with Crippen molar-refractivity contribution in [3.8, 4) is 11.5 Å². The van der Waals surface area contributed by atoms with Gasteiger partial charge in [-0.2, -0.15) is 0 Å². The van der Waals surface area contributed by atoms with Gasteiger partial charge in [0.05, 0.1) is 13.2 Å². The zero-order valence-corrected chi connectivity index (χ0v) is 13.3. The molecule has 2 heterocycles. The Morgan fingerprint density at radius 1 is 1.21 bits per heavy atom. The highest BCUT2D eigenvalue weighted by molar-refractivity contribution is 5.47. The number of hydrogen-bond donors (Lipinski definition) is 6. The zero-order valence-electron chi connectivity index (χ0n) is 13.3. The summed E-state index contributed by atoms with van der Waals surface area (Å²) in [5.41, 5.74) is 0.0392. The highest BCUT2D eigenvalue weighted by atomic mass is 16.6. The number of phenols is 2. The Hall–Kier alpha value is -1.42. The van der Waals surface area contributed by atoms with Gasteiger partial charge in [0.2, 0.25) is 0 Å². The largest absolute Gasteiger partial charge is 0.504 e. The molecule has 0 bridgehead atoms. The summed E-state index contributed by atoms with van der Waals surface area (Å²) in [7, 11) is 0. The van der Waals surface area contributed by atoms with Crippen LogP contribution in [0.2, 0.25) is 0 Å². The van der Waals surface area contributed by atoms with Gasteiger partial charge in [0.15, 0.2) is 17.2 Å². The second-order valence-corrected chi connectivity index (χ2v) is 6.48. The monoisotopic (exact) mass is 341 g/mol. The number of aliphatic hydroxyl groups excluding tert-OH is 4. The van der Waals surface area contributed by atoms with Crippen LogP contribution in [0.15, 0.2) is 12.1 Å². The molecule has 0 saturated carbocycles. The van der Waals surface area contributed by atoms with E-state index in [1.54, 1.807) is 4.90 Å². The van der Waals surface area contributed by atoms with E-state index in [-0.39, 0.29) is 24.1 Å². The number of benzene rings is 1. The molecule has 0 aliphatic carbocycles. The van der Waals surface area contributed by atoms with E-state index in [0.29, 0.717) is 13.0 Å². The molecule has 0 spiro atoms. The first-order valence-corrected chi connectivity index (χ1v) is 7.92. The number of rotatable bonds is 2. The molecule has 0 radical (unpaired) electrons. The topological polar surface area (TPSA) is 134 Å². The highest BCUT2D eigenvalue weighted by Gasteiger charge is 2.54. The standard InChI is InChI=1S/C16H23NO7/c1-8-10-5-12(20)11(19)4-9(10)2-3-17(8)16(7-18)15(23)14(22)13(21)6-24-16/h4-5,8,13-15,18-23H,2-3,6-7H2,1H3/t8-,13+,14+,15+,16+/m0/s1. The van der Waals surface area contributed by atoms with Gasteiger partial charge < -0.3 is 35.4 Å².